The second-order valence-electron chi connectivity index (χ2n) is 7.67. The van der Waals surface area contributed by atoms with Crippen LogP contribution in [0.25, 0.3) is 11.1 Å². The predicted octanol–water partition coefficient (Wildman–Crippen LogP) is 7.83. The second kappa shape index (κ2) is 9.49. The Kier molecular flexibility index (Phi) is 6.77. The quantitative estimate of drug-likeness (QED) is 0.384. The Hall–Kier alpha value is -3.58. The molecule has 0 aliphatic heterocycles. The molecule has 31 heavy (non-hydrogen) atoms. The molecule has 3 rings (SSSR count). The molecule has 1 aliphatic rings. The van der Waals surface area contributed by atoms with E-state index in [0.29, 0.717) is 0 Å². The molecular weight excluding hydrogens is 374 g/mol. The van der Waals surface area contributed by atoms with Gasteiger partial charge in [0.05, 0.1) is 5.41 Å². The first kappa shape index (κ1) is 22.1. The van der Waals surface area contributed by atoms with E-state index in [4.69, 9.17) is 5.73 Å². The highest BCUT2D eigenvalue weighted by Crippen LogP contribution is 2.49. The maximum absolute atomic E-state index is 6.43. The van der Waals surface area contributed by atoms with E-state index in [1.165, 1.54) is 16.7 Å². The maximum Gasteiger partial charge on any atom is 0.0643 e. The van der Waals surface area contributed by atoms with E-state index < -0.39 is 5.41 Å². The molecule has 1 atom stereocenters. The van der Waals surface area contributed by atoms with Gasteiger partial charge in [0.15, 0.2) is 0 Å². The van der Waals surface area contributed by atoms with Gasteiger partial charge in [-0.05, 0) is 60.3 Å². The number of fused-ring (bicyclic) bond motifs is 1. The standard InChI is InChI=1S/C30H31N/c1-6-14-25(15-7-2)30(24(8-3)9-4)21-23(27-17-11-13-19-29(27)31)20-22(5)26-16-10-12-18-28(26)30/h6-21H,1,3,31H2,2,4-5H3/b15-7-,24-9+,25-14+. The van der Waals surface area contributed by atoms with Gasteiger partial charge in [-0.1, -0.05) is 104 Å². The number of nitrogen functional groups attached to an aromatic ring is 1. The second-order valence-corrected chi connectivity index (χ2v) is 7.67. The topological polar surface area (TPSA) is 26.0 Å². The molecule has 1 unspecified atom stereocenters. The summed E-state index contributed by atoms with van der Waals surface area (Å²) in [6, 6.07) is 16.7. The fourth-order valence-electron chi connectivity index (χ4n) is 4.53. The minimum Gasteiger partial charge on any atom is -0.398 e. The molecule has 0 bridgehead atoms. The summed E-state index contributed by atoms with van der Waals surface area (Å²) in [7, 11) is 0. The van der Waals surface area contributed by atoms with Gasteiger partial charge >= 0.3 is 0 Å². The van der Waals surface area contributed by atoms with Gasteiger partial charge < -0.3 is 5.73 Å². The molecule has 0 saturated heterocycles. The van der Waals surface area contributed by atoms with Crippen molar-refractivity contribution in [2.24, 2.45) is 0 Å². The van der Waals surface area contributed by atoms with Crippen molar-refractivity contribution in [3.63, 3.8) is 0 Å². The molecule has 0 heterocycles. The van der Waals surface area contributed by atoms with E-state index in [2.05, 4.69) is 93.8 Å². The zero-order valence-electron chi connectivity index (χ0n) is 18.7. The summed E-state index contributed by atoms with van der Waals surface area (Å²) in [4.78, 5) is 0. The number of anilines is 1. The van der Waals surface area contributed by atoms with Gasteiger partial charge in [0.25, 0.3) is 0 Å². The Balaban J connectivity index is 2.56. The van der Waals surface area contributed by atoms with Gasteiger partial charge in [-0.25, -0.2) is 0 Å². The van der Waals surface area contributed by atoms with E-state index in [1.54, 1.807) is 0 Å². The van der Waals surface area contributed by atoms with Crippen LogP contribution in [0.4, 0.5) is 5.69 Å². The predicted molar refractivity (Wildman–Crippen MR) is 138 cm³/mol. The average molecular weight is 406 g/mol. The molecule has 0 amide bonds. The van der Waals surface area contributed by atoms with Crippen LogP contribution >= 0.6 is 0 Å². The van der Waals surface area contributed by atoms with Crippen molar-refractivity contribution in [1.82, 2.24) is 0 Å². The first-order chi connectivity index (χ1) is 15.0. The number of hydrogen-bond donors (Lipinski definition) is 1. The monoisotopic (exact) mass is 405 g/mol. The van der Waals surface area contributed by atoms with Gasteiger partial charge in [0.2, 0.25) is 0 Å². The van der Waals surface area contributed by atoms with Crippen molar-refractivity contribution >= 4 is 16.8 Å². The van der Waals surface area contributed by atoms with Gasteiger partial charge in [-0.15, -0.1) is 0 Å². The number of allylic oxidation sites excluding steroid dienone is 12. The lowest BCUT2D eigenvalue weighted by atomic mass is 9.66. The van der Waals surface area contributed by atoms with Crippen LogP contribution in [-0.4, -0.2) is 0 Å². The number of hydrogen-bond acceptors (Lipinski definition) is 1. The summed E-state index contributed by atoms with van der Waals surface area (Å²) in [5, 5.41) is 0. The zero-order valence-corrected chi connectivity index (χ0v) is 18.7. The largest absolute Gasteiger partial charge is 0.398 e. The molecule has 2 aromatic carbocycles. The van der Waals surface area contributed by atoms with E-state index in [1.807, 2.05) is 37.3 Å². The number of para-hydroxylation sites is 1. The SMILES string of the molecule is C=C/C=C(\C=C/C)C1(/C(C=C)=C/C)C=C(c2ccccc2N)C=C(C)c2ccccc21. The number of nitrogens with two attached hydrogens (primary N) is 1. The van der Waals surface area contributed by atoms with Crippen LogP contribution in [0.1, 0.15) is 37.5 Å². The van der Waals surface area contributed by atoms with Gasteiger partial charge in [0.1, 0.15) is 0 Å². The molecule has 2 aromatic rings. The van der Waals surface area contributed by atoms with Crippen molar-refractivity contribution in [2.75, 3.05) is 5.73 Å². The van der Waals surface area contributed by atoms with E-state index in [-0.39, 0.29) is 0 Å². The summed E-state index contributed by atoms with van der Waals surface area (Å²) < 4.78 is 0. The van der Waals surface area contributed by atoms with Crippen molar-refractivity contribution in [1.29, 1.82) is 0 Å². The molecule has 0 aromatic heterocycles. The lowest BCUT2D eigenvalue weighted by Gasteiger charge is -2.36. The molecular formula is C30H31N. The van der Waals surface area contributed by atoms with Crippen LogP contribution in [0.15, 0.2) is 121 Å². The van der Waals surface area contributed by atoms with Crippen molar-refractivity contribution in [2.45, 2.75) is 26.2 Å². The fourth-order valence-corrected chi connectivity index (χ4v) is 4.53. The smallest absolute Gasteiger partial charge is 0.0643 e. The Labute approximate surface area is 187 Å². The highest BCUT2D eigenvalue weighted by molar-refractivity contribution is 5.92. The Bertz CT molecular complexity index is 1150. The van der Waals surface area contributed by atoms with Gasteiger partial charge in [-0.2, -0.15) is 0 Å². The number of benzene rings is 2. The molecule has 0 fully saturated rings. The van der Waals surface area contributed by atoms with E-state index in [0.717, 1.165) is 28.0 Å². The van der Waals surface area contributed by atoms with E-state index in [9.17, 15) is 0 Å². The molecule has 0 saturated carbocycles. The van der Waals surface area contributed by atoms with Crippen LogP contribution in [0.2, 0.25) is 0 Å². The van der Waals surface area contributed by atoms with Crippen molar-refractivity contribution < 1.29 is 0 Å². The lowest BCUT2D eigenvalue weighted by molar-refractivity contribution is 0.774. The first-order valence-electron chi connectivity index (χ1n) is 10.6. The van der Waals surface area contributed by atoms with Crippen LogP contribution in [0, 0.1) is 0 Å². The summed E-state index contributed by atoms with van der Waals surface area (Å²) in [6.45, 7) is 14.4. The first-order valence-corrected chi connectivity index (χ1v) is 10.6. The molecule has 2 N–H and O–H groups in total. The summed E-state index contributed by atoms with van der Waals surface area (Å²) >= 11 is 0. The summed E-state index contributed by atoms with van der Waals surface area (Å²) in [6.07, 6.45) is 16.9. The van der Waals surface area contributed by atoms with Crippen molar-refractivity contribution in [3.05, 3.63) is 138 Å². The minimum absolute atomic E-state index is 0.542. The molecule has 1 nitrogen and oxygen atoms in total. The molecule has 0 radical (unpaired) electrons. The molecule has 1 aliphatic carbocycles. The van der Waals surface area contributed by atoms with Crippen LogP contribution in [0.3, 0.4) is 0 Å². The third kappa shape index (κ3) is 3.92. The Morgan fingerprint density at radius 3 is 2.23 bits per heavy atom. The Morgan fingerprint density at radius 2 is 1.61 bits per heavy atom. The van der Waals surface area contributed by atoms with Gasteiger partial charge in [-0.3, -0.25) is 0 Å². The molecule has 156 valence electrons. The lowest BCUT2D eigenvalue weighted by Crippen LogP contribution is -2.29. The van der Waals surface area contributed by atoms with Crippen molar-refractivity contribution in [3.8, 4) is 0 Å². The summed E-state index contributed by atoms with van der Waals surface area (Å²) in [5.41, 5.74) is 14.6. The third-order valence-corrected chi connectivity index (χ3v) is 5.88. The van der Waals surface area contributed by atoms with Crippen LogP contribution in [0.5, 0.6) is 0 Å². The Morgan fingerprint density at radius 1 is 0.935 bits per heavy atom. The highest BCUT2D eigenvalue weighted by Gasteiger charge is 2.39. The molecule has 1 heteroatoms. The average Bonchev–Trinajstić information content (AvgIpc) is 2.91. The number of rotatable bonds is 6. The van der Waals surface area contributed by atoms with Crippen LogP contribution in [-0.2, 0) is 5.41 Å². The van der Waals surface area contributed by atoms with Gasteiger partial charge in [0, 0.05) is 11.3 Å². The summed E-state index contributed by atoms with van der Waals surface area (Å²) in [5.74, 6) is 0. The zero-order chi connectivity index (χ0) is 22.4. The highest BCUT2D eigenvalue weighted by atomic mass is 14.6. The van der Waals surface area contributed by atoms with E-state index >= 15 is 0 Å². The van der Waals surface area contributed by atoms with Crippen LogP contribution < -0.4 is 5.73 Å². The normalized spacial score (nSPS) is 19.3. The minimum atomic E-state index is -0.542. The third-order valence-electron chi connectivity index (χ3n) is 5.88. The molecule has 0 spiro atoms. The maximum atomic E-state index is 6.43. The fraction of sp³-hybridized carbons (Fsp3) is 0.133.